The monoisotopic (exact) mass is 416 g/mol. The number of nitrogens with one attached hydrogen (secondary N) is 1. The molecule has 3 aromatic rings. The van der Waals surface area contributed by atoms with Crippen LogP contribution < -0.4 is 16.0 Å². The fourth-order valence-electron chi connectivity index (χ4n) is 2.93. The topological polar surface area (TPSA) is 143 Å². The molecule has 0 spiro atoms. The van der Waals surface area contributed by atoms with Crippen LogP contribution in [0.25, 0.3) is 11.1 Å². The van der Waals surface area contributed by atoms with Gasteiger partial charge in [-0.2, -0.15) is 0 Å². The average Bonchev–Trinajstić information content (AvgIpc) is 2.64. The van der Waals surface area contributed by atoms with Crippen LogP contribution >= 0.6 is 0 Å². The van der Waals surface area contributed by atoms with Crippen LogP contribution in [0.5, 0.6) is 5.75 Å². The van der Waals surface area contributed by atoms with E-state index in [1.807, 2.05) is 4.98 Å². The highest BCUT2D eigenvalue weighted by molar-refractivity contribution is 6.07. The van der Waals surface area contributed by atoms with Gasteiger partial charge in [0.25, 0.3) is 5.56 Å². The molecular formula is C20H14F2N2O6. The lowest BCUT2D eigenvalue weighted by Gasteiger charge is -2.13. The Hall–Kier alpha value is -4.21. The number of carbonyl (C=O) groups is 2. The van der Waals surface area contributed by atoms with Crippen molar-refractivity contribution in [3.63, 3.8) is 0 Å². The van der Waals surface area contributed by atoms with E-state index in [-0.39, 0.29) is 23.5 Å². The number of anilines is 1. The fourth-order valence-corrected chi connectivity index (χ4v) is 2.93. The number of nitrogen functional groups attached to an aromatic ring is 1. The molecule has 0 aliphatic heterocycles. The van der Waals surface area contributed by atoms with Crippen molar-refractivity contribution in [3.05, 3.63) is 81.1 Å². The molecule has 30 heavy (non-hydrogen) atoms. The Morgan fingerprint density at radius 1 is 1.00 bits per heavy atom. The first kappa shape index (κ1) is 20.5. The number of ether oxygens (including phenoxy) is 1. The molecule has 1 aromatic heterocycles. The molecule has 0 fully saturated rings. The first-order valence-electron chi connectivity index (χ1n) is 8.38. The summed E-state index contributed by atoms with van der Waals surface area (Å²) in [6, 6.07) is 8.49. The summed E-state index contributed by atoms with van der Waals surface area (Å²) in [5.41, 5.74) is 3.34. The van der Waals surface area contributed by atoms with Crippen molar-refractivity contribution in [2.45, 2.75) is 6.61 Å². The van der Waals surface area contributed by atoms with Gasteiger partial charge in [-0.25, -0.2) is 18.4 Å². The number of halogens is 2. The standard InChI is InChI=1S/C20H14F2N2O6/c21-11-5-12(22)7-13(6-11)30-8-9-2-1-3-10(4-9)14-15(19(26)27)17(23)24-18(25)16(14)20(28)29/h1-7H,8H2,(H,26,27)(H,28,29)(H3,23,24,25). The molecule has 8 nitrogen and oxygen atoms in total. The number of aromatic nitrogens is 1. The molecule has 0 amide bonds. The minimum atomic E-state index is -1.63. The van der Waals surface area contributed by atoms with Crippen molar-refractivity contribution in [2.75, 3.05) is 5.73 Å². The number of aromatic carboxylic acids is 2. The molecule has 0 aliphatic carbocycles. The maximum atomic E-state index is 13.3. The quantitative estimate of drug-likeness (QED) is 0.484. The molecule has 0 bridgehead atoms. The molecule has 5 N–H and O–H groups in total. The van der Waals surface area contributed by atoms with E-state index in [2.05, 4.69) is 0 Å². The van der Waals surface area contributed by atoms with Crippen molar-refractivity contribution in [1.82, 2.24) is 4.98 Å². The fraction of sp³-hybridized carbons (Fsp3) is 0.0500. The number of hydrogen-bond acceptors (Lipinski definition) is 5. The number of pyridine rings is 1. The van der Waals surface area contributed by atoms with E-state index in [1.54, 1.807) is 6.07 Å². The van der Waals surface area contributed by atoms with E-state index >= 15 is 0 Å². The zero-order chi connectivity index (χ0) is 22.0. The summed E-state index contributed by atoms with van der Waals surface area (Å²) in [6.07, 6.45) is 0. The number of carboxylic acids is 2. The molecule has 154 valence electrons. The van der Waals surface area contributed by atoms with Crippen molar-refractivity contribution in [3.8, 4) is 16.9 Å². The second-order valence-electron chi connectivity index (χ2n) is 6.20. The van der Waals surface area contributed by atoms with Gasteiger partial charge in [0.15, 0.2) is 0 Å². The molecule has 0 unspecified atom stereocenters. The minimum Gasteiger partial charge on any atom is -0.489 e. The average molecular weight is 416 g/mol. The predicted octanol–water partition coefficient (Wildman–Crippen LogP) is 2.88. The zero-order valence-electron chi connectivity index (χ0n) is 15.1. The van der Waals surface area contributed by atoms with E-state index in [0.29, 0.717) is 11.6 Å². The molecule has 0 saturated carbocycles. The summed E-state index contributed by atoms with van der Waals surface area (Å²) in [4.78, 5) is 37.4. The lowest BCUT2D eigenvalue weighted by atomic mass is 9.94. The van der Waals surface area contributed by atoms with Crippen LogP contribution in [-0.2, 0) is 6.61 Å². The summed E-state index contributed by atoms with van der Waals surface area (Å²) in [5, 5.41) is 18.9. The molecular weight excluding hydrogens is 402 g/mol. The van der Waals surface area contributed by atoms with E-state index in [1.165, 1.54) is 18.2 Å². The van der Waals surface area contributed by atoms with E-state index in [0.717, 1.165) is 12.1 Å². The minimum absolute atomic E-state index is 0.0734. The van der Waals surface area contributed by atoms with Crippen LogP contribution in [0.3, 0.4) is 0 Å². The first-order chi connectivity index (χ1) is 14.2. The Balaban J connectivity index is 2.06. The summed E-state index contributed by atoms with van der Waals surface area (Å²) < 4.78 is 31.9. The number of rotatable bonds is 6. The van der Waals surface area contributed by atoms with Crippen LogP contribution in [0.2, 0.25) is 0 Å². The number of benzene rings is 2. The third-order valence-corrected chi connectivity index (χ3v) is 4.13. The van der Waals surface area contributed by atoms with Gasteiger partial charge in [0.2, 0.25) is 0 Å². The number of H-pyrrole nitrogens is 1. The molecule has 2 aromatic carbocycles. The molecule has 0 aliphatic rings. The molecule has 0 radical (unpaired) electrons. The van der Waals surface area contributed by atoms with Gasteiger partial charge < -0.3 is 25.7 Å². The van der Waals surface area contributed by atoms with Gasteiger partial charge in [-0.3, -0.25) is 4.79 Å². The Bertz CT molecular complexity index is 1200. The molecule has 3 rings (SSSR count). The van der Waals surface area contributed by atoms with E-state index < -0.39 is 46.1 Å². The van der Waals surface area contributed by atoms with Gasteiger partial charge in [0.1, 0.15) is 40.9 Å². The Labute approximate surface area is 167 Å². The lowest BCUT2D eigenvalue weighted by Crippen LogP contribution is -2.24. The van der Waals surface area contributed by atoms with Crippen molar-refractivity contribution < 1.29 is 33.3 Å². The second-order valence-corrected chi connectivity index (χ2v) is 6.20. The smallest absolute Gasteiger partial charge is 0.342 e. The van der Waals surface area contributed by atoms with E-state index in [9.17, 15) is 33.4 Å². The summed E-state index contributed by atoms with van der Waals surface area (Å²) in [6.45, 7) is -0.166. The number of aromatic amines is 1. The molecule has 1 heterocycles. The van der Waals surface area contributed by atoms with Crippen LogP contribution in [-0.4, -0.2) is 27.1 Å². The Morgan fingerprint density at radius 2 is 1.63 bits per heavy atom. The highest BCUT2D eigenvalue weighted by Crippen LogP contribution is 2.30. The normalized spacial score (nSPS) is 10.6. The van der Waals surface area contributed by atoms with Gasteiger partial charge in [-0.1, -0.05) is 18.2 Å². The first-order valence-corrected chi connectivity index (χ1v) is 8.38. The maximum Gasteiger partial charge on any atom is 0.342 e. The van der Waals surface area contributed by atoms with Crippen LogP contribution in [0, 0.1) is 11.6 Å². The van der Waals surface area contributed by atoms with E-state index in [4.69, 9.17) is 10.5 Å². The molecule has 10 heteroatoms. The van der Waals surface area contributed by atoms with Crippen molar-refractivity contribution in [1.29, 1.82) is 0 Å². The lowest BCUT2D eigenvalue weighted by molar-refractivity contribution is 0.0695. The van der Waals surface area contributed by atoms with Crippen LogP contribution in [0.4, 0.5) is 14.6 Å². The highest BCUT2D eigenvalue weighted by atomic mass is 19.1. The third-order valence-electron chi connectivity index (χ3n) is 4.13. The summed E-state index contributed by atoms with van der Waals surface area (Å²) in [7, 11) is 0. The third kappa shape index (κ3) is 4.12. The Morgan fingerprint density at radius 3 is 2.23 bits per heavy atom. The van der Waals surface area contributed by atoms with Gasteiger partial charge in [0.05, 0.1) is 0 Å². The highest BCUT2D eigenvalue weighted by Gasteiger charge is 2.26. The predicted molar refractivity (Wildman–Crippen MR) is 102 cm³/mol. The molecule has 0 atom stereocenters. The summed E-state index contributed by atoms with van der Waals surface area (Å²) in [5.74, 6) is -5.38. The van der Waals surface area contributed by atoms with Crippen LogP contribution in [0.15, 0.2) is 47.3 Å². The maximum absolute atomic E-state index is 13.3. The second kappa shape index (κ2) is 8.03. The SMILES string of the molecule is Nc1[nH]c(=O)c(C(=O)O)c(-c2cccc(COc3cc(F)cc(F)c3)c2)c1C(=O)O. The number of nitrogens with two attached hydrogens (primary N) is 1. The van der Waals surface area contributed by atoms with Crippen LogP contribution in [0.1, 0.15) is 26.3 Å². The largest absolute Gasteiger partial charge is 0.489 e. The van der Waals surface area contributed by atoms with Gasteiger partial charge >= 0.3 is 11.9 Å². The van der Waals surface area contributed by atoms with Gasteiger partial charge in [-0.15, -0.1) is 0 Å². The number of hydrogen-bond donors (Lipinski definition) is 4. The molecule has 0 saturated heterocycles. The summed E-state index contributed by atoms with van der Waals surface area (Å²) >= 11 is 0. The Kier molecular flexibility index (Phi) is 5.50. The zero-order valence-corrected chi connectivity index (χ0v) is 15.1. The van der Waals surface area contributed by atoms with Crippen molar-refractivity contribution in [2.24, 2.45) is 0 Å². The number of carboxylic acid groups (broad SMARTS) is 2. The van der Waals surface area contributed by atoms with Gasteiger partial charge in [-0.05, 0) is 17.2 Å². The van der Waals surface area contributed by atoms with Gasteiger partial charge in [0, 0.05) is 23.8 Å². The van der Waals surface area contributed by atoms with Crippen molar-refractivity contribution >= 4 is 17.8 Å².